The second-order valence-electron chi connectivity index (χ2n) is 6.17. The van der Waals surface area contributed by atoms with Gasteiger partial charge < -0.3 is 9.88 Å². The molecule has 1 aliphatic rings. The van der Waals surface area contributed by atoms with E-state index in [4.69, 9.17) is 0 Å². The van der Waals surface area contributed by atoms with E-state index >= 15 is 0 Å². The second kappa shape index (κ2) is 5.87. The molecule has 0 spiro atoms. The molecular weight excluding hydrogens is 294 g/mol. The molecule has 6 nitrogen and oxygen atoms in total. The van der Waals surface area contributed by atoms with Crippen LogP contribution in [0, 0.1) is 10.1 Å². The summed E-state index contributed by atoms with van der Waals surface area (Å²) in [5.41, 5.74) is 2.43. The molecule has 0 bridgehead atoms. The molecule has 3 rings (SSSR count). The smallest absolute Gasteiger partial charge is 0.269 e. The van der Waals surface area contributed by atoms with Crippen LogP contribution in [0.25, 0.3) is 11.1 Å². The number of amides is 1. The van der Waals surface area contributed by atoms with Crippen molar-refractivity contribution >= 4 is 11.6 Å². The zero-order valence-corrected chi connectivity index (χ0v) is 13.2. The number of aromatic nitrogens is 1. The van der Waals surface area contributed by atoms with Crippen molar-refractivity contribution in [2.75, 3.05) is 0 Å². The normalized spacial score (nSPS) is 14.0. The van der Waals surface area contributed by atoms with E-state index in [0.717, 1.165) is 24.0 Å². The SMILES string of the molecule is CC(C)n1cc(-c2ccc([N+](=O)[O-])cc2)cc1C(=O)NC1CC1. The third-order valence-electron chi connectivity index (χ3n) is 3.96. The van der Waals surface area contributed by atoms with E-state index in [1.165, 1.54) is 12.1 Å². The monoisotopic (exact) mass is 313 g/mol. The lowest BCUT2D eigenvalue weighted by atomic mass is 10.1. The van der Waals surface area contributed by atoms with Crippen LogP contribution in [0.15, 0.2) is 36.5 Å². The lowest BCUT2D eigenvalue weighted by molar-refractivity contribution is -0.384. The zero-order valence-electron chi connectivity index (χ0n) is 13.2. The third kappa shape index (κ3) is 3.26. The van der Waals surface area contributed by atoms with Crippen molar-refractivity contribution in [1.29, 1.82) is 0 Å². The first-order valence-corrected chi connectivity index (χ1v) is 7.73. The molecule has 0 aliphatic heterocycles. The topological polar surface area (TPSA) is 77.2 Å². The van der Waals surface area contributed by atoms with E-state index in [2.05, 4.69) is 5.32 Å². The molecule has 0 unspecified atom stereocenters. The van der Waals surface area contributed by atoms with Crippen LogP contribution in [0.2, 0.25) is 0 Å². The first-order chi connectivity index (χ1) is 11.0. The molecule has 0 saturated heterocycles. The Morgan fingerprint density at radius 1 is 1.26 bits per heavy atom. The van der Waals surface area contributed by atoms with Crippen LogP contribution in [0.4, 0.5) is 5.69 Å². The van der Waals surface area contributed by atoms with Gasteiger partial charge in [0.1, 0.15) is 5.69 Å². The van der Waals surface area contributed by atoms with Crippen molar-refractivity contribution < 1.29 is 9.72 Å². The quantitative estimate of drug-likeness (QED) is 0.677. The van der Waals surface area contributed by atoms with Crippen LogP contribution in [-0.4, -0.2) is 21.4 Å². The number of hydrogen-bond donors (Lipinski definition) is 1. The molecule has 120 valence electrons. The molecule has 1 aromatic carbocycles. The Morgan fingerprint density at radius 3 is 2.43 bits per heavy atom. The average molecular weight is 313 g/mol. The van der Waals surface area contributed by atoms with Gasteiger partial charge in [0.2, 0.25) is 0 Å². The number of benzene rings is 1. The van der Waals surface area contributed by atoms with Gasteiger partial charge in [-0.25, -0.2) is 0 Å². The van der Waals surface area contributed by atoms with E-state index in [1.54, 1.807) is 12.1 Å². The highest BCUT2D eigenvalue weighted by Gasteiger charge is 2.26. The first kappa shape index (κ1) is 15.3. The lowest BCUT2D eigenvalue weighted by Crippen LogP contribution is -2.27. The van der Waals surface area contributed by atoms with Gasteiger partial charge in [-0.05, 0) is 50.5 Å². The molecule has 23 heavy (non-hydrogen) atoms. The van der Waals surface area contributed by atoms with Gasteiger partial charge in [0.05, 0.1) is 4.92 Å². The predicted molar refractivity (Wildman–Crippen MR) is 87.4 cm³/mol. The second-order valence-corrected chi connectivity index (χ2v) is 6.17. The van der Waals surface area contributed by atoms with E-state index in [1.807, 2.05) is 30.7 Å². The number of carbonyl (C=O) groups is 1. The minimum atomic E-state index is -0.419. The molecule has 1 saturated carbocycles. The molecule has 1 fully saturated rings. The third-order valence-corrected chi connectivity index (χ3v) is 3.96. The lowest BCUT2D eigenvalue weighted by Gasteiger charge is -2.12. The van der Waals surface area contributed by atoms with Gasteiger partial charge in [-0.2, -0.15) is 0 Å². The summed E-state index contributed by atoms with van der Waals surface area (Å²) in [5, 5.41) is 13.7. The molecule has 0 radical (unpaired) electrons. The number of nitrogens with zero attached hydrogens (tertiary/aromatic N) is 2. The van der Waals surface area contributed by atoms with Gasteiger partial charge in [0, 0.05) is 36.0 Å². The maximum absolute atomic E-state index is 12.4. The highest BCUT2D eigenvalue weighted by Crippen LogP contribution is 2.27. The number of nitrogens with one attached hydrogen (secondary N) is 1. The van der Waals surface area contributed by atoms with Gasteiger partial charge in [-0.3, -0.25) is 14.9 Å². The summed E-state index contributed by atoms with van der Waals surface area (Å²) >= 11 is 0. The largest absolute Gasteiger partial charge is 0.348 e. The molecule has 1 heterocycles. The summed E-state index contributed by atoms with van der Waals surface area (Å²) in [6, 6.07) is 8.68. The molecule has 1 amide bonds. The molecule has 1 aromatic heterocycles. The predicted octanol–water partition coefficient (Wildman–Crippen LogP) is 3.54. The van der Waals surface area contributed by atoms with Crippen molar-refractivity contribution in [2.24, 2.45) is 0 Å². The van der Waals surface area contributed by atoms with Crippen molar-refractivity contribution in [3.05, 3.63) is 52.3 Å². The summed E-state index contributed by atoms with van der Waals surface area (Å²) in [5.74, 6) is -0.0608. The molecule has 2 aromatic rings. The molecule has 1 aliphatic carbocycles. The maximum Gasteiger partial charge on any atom is 0.269 e. The van der Waals surface area contributed by atoms with Crippen molar-refractivity contribution in [3.63, 3.8) is 0 Å². The van der Waals surface area contributed by atoms with Crippen LogP contribution >= 0.6 is 0 Å². The van der Waals surface area contributed by atoms with Gasteiger partial charge in [-0.1, -0.05) is 0 Å². The Morgan fingerprint density at radius 2 is 1.91 bits per heavy atom. The molecule has 0 atom stereocenters. The van der Waals surface area contributed by atoms with E-state index < -0.39 is 4.92 Å². The fourth-order valence-corrected chi connectivity index (χ4v) is 2.51. The minimum Gasteiger partial charge on any atom is -0.348 e. The molecule has 1 N–H and O–H groups in total. The number of nitro benzene ring substituents is 1. The summed E-state index contributed by atoms with van der Waals surface area (Å²) < 4.78 is 1.94. The molecular formula is C17H19N3O3. The average Bonchev–Trinajstić information content (AvgIpc) is 3.21. The number of hydrogen-bond acceptors (Lipinski definition) is 3. The van der Waals surface area contributed by atoms with Crippen molar-refractivity contribution in [1.82, 2.24) is 9.88 Å². The number of carbonyl (C=O) groups excluding carboxylic acids is 1. The van der Waals surface area contributed by atoms with E-state index in [9.17, 15) is 14.9 Å². The summed E-state index contributed by atoms with van der Waals surface area (Å²) in [7, 11) is 0. The fourth-order valence-electron chi connectivity index (χ4n) is 2.51. The standard InChI is InChI=1S/C17H19N3O3/c1-11(2)19-10-13(9-16(19)17(21)18-14-5-6-14)12-3-7-15(8-4-12)20(22)23/h3-4,7-11,14H,5-6H2,1-2H3,(H,18,21). The Bertz CT molecular complexity index is 743. The summed E-state index contributed by atoms with van der Waals surface area (Å²) in [4.78, 5) is 22.7. The van der Waals surface area contributed by atoms with Crippen LogP contribution in [0.3, 0.4) is 0 Å². The van der Waals surface area contributed by atoms with Crippen LogP contribution < -0.4 is 5.32 Å². The number of non-ortho nitro benzene ring substituents is 1. The Hall–Kier alpha value is -2.63. The van der Waals surface area contributed by atoms with E-state index in [0.29, 0.717) is 11.7 Å². The number of rotatable bonds is 5. The van der Waals surface area contributed by atoms with Gasteiger partial charge in [0.25, 0.3) is 11.6 Å². The van der Waals surface area contributed by atoms with E-state index in [-0.39, 0.29) is 17.6 Å². The highest BCUT2D eigenvalue weighted by atomic mass is 16.6. The summed E-state index contributed by atoms with van der Waals surface area (Å²) in [6.45, 7) is 4.04. The van der Waals surface area contributed by atoms with Gasteiger partial charge in [0.15, 0.2) is 0 Å². The number of nitro groups is 1. The summed E-state index contributed by atoms with van der Waals surface area (Å²) in [6.07, 6.45) is 4.01. The highest BCUT2D eigenvalue weighted by molar-refractivity contribution is 5.94. The van der Waals surface area contributed by atoms with Crippen LogP contribution in [-0.2, 0) is 0 Å². The zero-order chi connectivity index (χ0) is 16.6. The van der Waals surface area contributed by atoms with Crippen molar-refractivity contribution in [3.8, 4) is 11.1 Å². The Labute approximate surface area is 134 Å². The molecule has 6 heteroatoms. The fraction of sp³-hybridized carbons (Fsp3) is 0.353. The van der Waals surface area contributed by atoms with Crippen LogP contribution in [0.5, 0.6) is 0 Å². The van der Waals surface area contributed by atoms with Gasteiger partial charge in [-0.15, -0.1) is 0 Å². The minimum absolute atomic E-state index is 0.0590. The Balaban J connectivity index is 1.92. The Kier molecular flexibility index (Phi) is 3.90. The van der Waals surface area contributed by atoms with Crippen molar-refractivity contribution in [2.45, 2.75) is 38.8 Å². The maximum atomic E-state index is 12.4. The van der Waals surface area contributed by atoms with Crippen LogP contribution in [0.1, 0.15) is 43.2 Å². The first-order valence-electron chi connectivity index (χ1n) is 7.73. The van der Waals surface area contributed by atoms with Gasteiger partial charge >= 0.3 is 0 Å².